The highest BCUT2D eigenvalue weighted by atomic mass is 16.5. The van der Waals surface area contributed by atoms with Crippen LogP contribution in [-0.4, -0.2) is 44.9 Å². The van der Waals surface area contributed by atoms with Crippen LogP contribution in [0.15, 0.2) is 41.4 Å². The Bertz CT molecular complexity index is 894. The third kappa shape index (κ3) is 2.98. The Balaban J connectivity index is 1.39. The number of nitrogens with zero attached hydrogens (tertiary/aromatic N) is 3. The molecular weight excluding hydrogens is 322 g/mol. The van der Waals surface area contributed by atoms with Crippen LogP contribution in [0.3, 0.4) is 0 Å². The molecule has 1 aliphatic rings. The second-order valence-corrected chi connectivity index (χ2v) is 6.05. The number of nitrogens with one attached hydrogen (secondary N) is 2. The second-order valence-electron chi connectivity index (χ2n) is 6.05. The maximum atomic E-state index is 12.3. The summed E-state index contributed by atoms with van der Waals surface area (Å²) < 4.78 is 4.63. The Hall–Kier alpha value is -3.16. The first-order valence-electron chi connectivity index (χ1n) is 8.15. The number of aromatic amines is 1. The molecule has 128 valence electrons. The molecule has 0 spiro atoms. The summed E-state index contributed by atoms with van der Waals surface area (Å²) in [4.78, 5) is 33.4. The van der Waals surface area contributed by atoms with Gasteiger partial charge in [0.1, 0.15) is 11.9 Å². The van der Waals surface area contributed by atoms with Gasteiger partial charge in [-0.1, -0.05) is 5.16 Å². The summed E-state index contributed by atoms with van der Waals surface area (Å²) in [6.07, 6.45) is 6.71. The number of H-pyrrole nitrogens is 1. The van der Waals surface area contributed by atoms with Crippen LogP contribution in [0, 0.1) is 0 Å². The number of pyridine rings is 1. The Kier molecular flexibility index (Phi) is 3.93. The van der Waals surface area contributed by atoms with Crippen molar-refractivity contribution in [2.75, 3.05) is 18.4 Å². The molecule has 4 heterocycles. The van der Waals surface area contributed by atoms with Gasteiger partial charge in [-0.2, -0.15) is 0 Å². The lowest BCUT2D eigenvalue weighted by Gasteiger charge is -2.31. The van der Waals surface area contributed by atoms with E-state index in [9.17, 15) is 9.59 Å². The van der Waals surface area contributed by atoms with Gasteiger partial charge in [0.2, 0.25) is 0 Å². The van der Waals surface area contributed by atoms with Crippen LogP contribution in [-0.2, 0) is 9.59 Å². The number of anilines is 1. The van der Waals surface area contributed by atoms with Crippen molar-refractivity contribution < 1.29 is 14.1 Å². The van der Waals surface area contributed by atoms with E-state index >= 15 is 0 Å². The minimum Gasteiger partial charge on any atom is -0.363 e. The van der Waals surface area contributed by atoms with E-state index < -0.39 is 11.8 Å². The number of carbonyl (C=O) groups excluding carboxylic acids is 2. The largest absolute Gasteiger partial charge is 0.363 e. The minimum absolute atomic E-state index is 0.236. The van der Waals surface area contributed by atoms with Crippen LogP contribution in [0.2, 0.25) is 0 Å². The van der Waals surface area contributed by atoms with Crippen molar-refractivity contribution in [1.29, 1.82) is 0 Å². The third-order valence-corrected chi connectivity index (χ3v) is 4.58. The van der Waals surface area contributed by atoms with Gasteiger partial charge in [0.25, 0.3) is 0 Å². The van der Waals surface area contributed by atoms with E-state index in [1.165, 1.54) is 17.9 Å². The molecule has 0 aliphatic carbocycles. The van der Waals surface area contributed by atoms with Gasteiger partial charge >= 0.3 is 11.8 Å². The topological polar surface area (TPSA) is 104 Å². The first kappa shape index (κ1) is 15.4. The number of piperidine rings is 1. The summed E-state index contributed by atoms with van der Waals surface area (Å²) in [6, 6.07) is 5.46. The van der Waals surface area contributed by atoms with Crippen molar-refractivity contribution in [3.8, 4) is 0 Å². The van der Waals surface area contributed by atoms with Crippen LogP contribution < -0.4 is 5.32 Å². The van der Waals surface area contributed by atoms with E-state index in [2.05, 4.69) is 31.0 Å². The molecule has 3 aromatic heterocycles. The highest BCUT2D eigenvalue weighted by molar-refractivity contribution is 6.39. The molecule has 2 amide bonds. The van der Waals surface area contributed by atoms with Gasteiger partial charge in [-0.3, -0.25) is 14.9 Å². The zero-order chi connectivity index (χ0) is 17.2. The Labute approximate surface area is 143 Å². The van der Waals surface area contributed by atoms with E-state index in [-0.39, 0.29) is 5.82 Å². The summed E-state index contributed by atoms with van der Waals surface area (Å²) in [7, 11) is 0. The van der Waals surface area contributed by atoms with Gasteiger partial charge in [0.15, 0.2) is 5.82 Å². The molecule has 1 aliphatic heterocycles. The Morgan fingerprint density at radius 3 is 2.88 bits per heavy atom. The lowest BCUT2D eigenvalue weighted by molar-refractivity contribution is -0.143. The fourth-order valence-corrected chi connectivity index (χ4v) is 3.30. The van der Waals surface area contributed by atoms with Gasteiger partial charge < -0.3 is 14.4 Å². The fourth-order valence-electron chi connectivity index (χ4n) is 3.30. The molecule has 3 aromatic rings. The molecule has 0 radical (unpaired) electrons. The van der Waals surface area contributed by atoms with Crippen molar-refractivity contribution in [3.63, 3.8) is 0 Å². The van der Waals surface area contributed by atoms with Gasteiger partial charge in [-0.15, -0.1) is 0 Å². The number of likely N-dealkylation sites (tertiary alicyclic amines) is 1. The summed E-state index contributed by atoms with van der Waals surface area (Å²) in [5, 5.41) is 7.13. The highest BCUT2D eigenvalue weighted by Crippen LogP contribution is 2.32. The van der Waals surface area contributed by atoms with Crippen LogP contribution >= 0.6 is 0 Å². The van der Waals surface area contributed by atoms with E-state index in [4.69, 9.17) is 0 Å². The number of aromatic nitrogens is 3. The maximum Gasteiger partial charge on any atom is 0.315 e. The normalized spacial score (nSPS) is 15.4. The number of hydrogen-bond donors (Lipinski definition) is 2. The van der Waals surface area contributed by atoms with E-state index in [0.717, 1.165) is 23.9 Å². The molecular formula is C17H17N5O3. The van der Waals surface area contributed by atoms with Crippen LogP contribution in [0.25, 0.3) is 11.0 Å². The summed E-state index contributed by atoms with van der Waals surface area (Å²) in [6.45, 7) is 1.09. The second kappa shape index (κ2) is 6.39. The van der Waals surface area contributed by atoms with Crippen molar-refractivity contribution in [2.24, 2.45) is 0 Å². The highest BCUT2D eigenvalue weighted by Gasteiger charge is 2.29. The van der Waals surface area contributed by atoms with Gasteiger partial charge in [-0.25, -0.2) is 4.98 Å². The number of amides is 2. The van der Waals surface area contributed by atoms with Crippen molar-refractivity contribution in [2.45, 2.75) is 18.8 Å². The zero-order valence-electron chi connectivity index (χ0n) is 13.4. The summed E-state index contributed by atoms with van der Waals surface area (Å²) in [5.41, 5.74) is 2.10. The van der Waals surface area contributed by atoms with E-state index in [1.54, 1.807) is 11.1 Å². The molecule has 0 atom stereocenters. The monoisotopic (exact) mass is 339 g/mol. The van der Waals surface area contributed by atoms with E-state index in [0.29, 0.717) is 19.0 Å². The average molecular weight is 339 g/mol. The molecule has 2 N–H and O–H groups in total. The molecule has 0 aromatic carbocycles. The fraction of sp³-hybridized carbons (Fsp3) is 0.294. The smallest absolute Gasteiger partial charge is 0.315 e. The zero-order valence-corrected chi connectivity index (χ0v) is 13.4. The standard InChI is InChI=1S/C17H17N5O3/c23-16(20-14-5-9-25-21-14)17(24)22-7-3-11(4-8-22)13-10-19-15-12(13)2-1-6-18-15/h1-2,5-6,9-11H,3-4,7-8H2,(H,18,19)(H,20,21,23). The molecule has 4 rings (SSSR count). The third-order valence-electron chi connectivity index (χ3n) is 4.58. The van der Waals surface area contributed by atoms with Crippen LogP contribution in [0.4, 0.5) is 5.82 Å². The Morgan fingerprint density at radius 2 is 2.12 bits per heavy atom. The summed E-state index contributed by atoms with van der Waals surface area (Å²) >= 11 is 0. The predicted octanol–water partition coefficient (Wildman–Crippen LogP) is 1.90. The minimum atomic E-state index is -0.691. The van der Waals surface area contributed by atoms with Crippen molar-refractivity contribution in [3.05, 3.63) is 42.4 Å². The molecule has 0 saturated carbocycles. The van der Waals surface area contributed by atoms with Gasteiger partial charge in [0, 0.05) is 36.9 Å². The lowest BCUT2D eigenvalue weighted by atomic mass is 9.89. The Morgan fingerprint density at radius 1 is 1.28 bits per heavy atom. The quantitative estimate of drug-likeness (QED) is 0.694. The van der Waals surface area contributed by atoms with Gasteiger partial charge in [-0.05, 0) is 36.5 Å². The van der Waals surface area contributed by atoms with Crippen LogP contribution in [0.1, 0.15) is 24.3 Å². The number of rotatable bonds is 2. The van der Waals surface area contributed by atoms with Crippen molar-refractivity contribution in [1.82, 2.24) is 20.0 Å². The predicted molar refractivity (Wildman–Crippen MR) is 89.8 cm³/mol. The lowest BCUT2D eigenvalue weighted by Crippen LogP contribution is -2.43. The van der Waals surface area contributed by atoms with E-state index in [1.807, 2.05) is 12.3 Å². The van der Waals surface area contributed by atoms with Crippen molar-refractivity contribution >= 4 is 28.7 Å². The molecule has 8 heteroatoms. The molecule has 8 nitrogen and oxygen atoms in total. The first-order valence-corrected chi connectivity index (χ1v) is 8.15. The van der Waals surface area contributed by atoms with Gasteiger partial charge in [0.05, 0.1) is 0 Å². The van der Waals surface area contributed by atoms with Crippen LogP contribution in [0.5, 0.6) is 0 Å². The molecule has 0 bridgehead atoms. The maximum absolute atomic E-state index is 12.3. The summed E-state index contributed by atoms with van der Waals surface area (Å²) in [5.74, 6) is -0.647. The molecule has 25 heavy (non-hydrogen) atoms. The number of carbonyl (C=O) groups is 2. The first-order chi connectivity index (χ1) is 12.2. The average Bonchev–Trinajstić information content (AvgIpc) is 3.31. The number of fused-ring (bicyclic) bond motifs is 1. The SMILES string of the molecule is O=C(Nc1ccon1)C(=O)N1CCC(c2c[nH]c3ncccc23)CC1. The molecule has 0 unspecified atom stereocenters. The number of hydrogen-bond acceptors (Lipinski definition) is 5. The molecule has 1 fully saturated rings. The molecule has 1 saturated heterocycles.